The molecule has 0 heterocycles. The van der Waals surface area contributed by atoms with E-state index in [0.29, 0.717) is 11.8 Å². The van der Waals surface area contributed by atoms with Gasteiger partial charge in [-0.3, -0.25) is 4.79 Å². The Kier molecular flexibility index (Phi) is 5.05. The Morgan fingerprint density at radius 1 is 1.32 bits per heavy atom. The summed E-state index contributed by atoms with van der Waals surface area (Å²) in [7, 11) is 0. The molecule has 4 nitrogen and oxygen atoms in total. The molecule has 1 rings (SSSR count). The maximum atomic E-state index is 12.3. The van der Waals surface area contributed by atoms with Crippen molar-refractivity contribution in [3.05, 3.63) is 35.4 Å². The molecule has 0 bridgehead atoms. The second-order valence-corrected chi connectivity index (χ2v) is 3.92. The van der Waals surface area contributed by atoms with E-state index in [0.717, 1.165) is 12.1 Å². The van der Waals surface area contributed by atoms with Crippen molar-refractivity contribution in [3.8, 4) is 0 Å². The molecule has 1 atom stereocenters. The summed E-state index contributed by atoms with van der Waals surface area (Å²) >= 11 is 0. The molecule has 0 saturated heterocycles. The van der Waals surface area contributed by atoms with Crippen LogP contribution in [-0.4, -0.2) is 24.8 Å². The first-order chi connectivity index (χ1) is 8.84. The van der Waals surface area contributed by atoms with Gasteiger partial charge in [-0.25, -0.2) is 0 Å². The largest absolute Gasteiger partial charge is 0.416 e. The summed E-state index contributed by atoms with van der Waals surface area (Å²) in [5, 5.41) is 2.28. The molecular formula is C12H13F3N2O2. The summed E-state index contributed by atoms with van der Waals surface area (Å²) in [5.74, 6) is -0.521. The SMILES string of the molecule is N[C@H](Cc1ccc(C(F)(F)F)cc1)C(=O)NCC=O. The molecule has 104 valence electrons. The van der Waals surface area contributed by atoms with Crippen LogP contribution in [0.15, 0.2) is 24.3 Å². The van der Waals surface area contributed by atoms with Gasteiger partial charge < -0.3 is 15.8 Å². The van der Waals surface area contributed by atoms with Crippen molar-refractivity contribution in [2.75, 3.05) is 6.54 Å². The molecule has 3 N–H and O–H groups in total. The minimum absolute atomic E-state index is 0.100. The zero-order valence-corrected chi connectivity index (χ0v) is 9.91. The molecule has 0 aliphatic carbocycles. The number of amides is 1. The molecule has 19 heavy (non-hydrogen) atoms. The standard InChI is InChI=1S/C12H13F3N2O2/c13-12(14,15)9-3-1-8(2-4-9)7-10(16)11(19)17-5-6-18/h1-4,6,10H,5,7,16H2,(H,17,19)/t10-/m1/s1. The average Bonchev–Trinajstić information content (AvgIpc) is 2.35. The Balaban J connectivity index is 2.62. The predicted octanol–water partition coefficient (Wildman–Crippen LogP) is 0.890. The minimum atomic E-state index is -4.39. The zero-order chi connectivity index (χ0) is 14.5. The van der Waals surface area contributed by atoms with E-state index in [2.05, 4.69) is 5.32 Å². The molecule has 7 heteroatoms. The monoisotopic (exact) mass is 274 g/mol. The van der Waals surface area contributed by atoms with Gasteiger partial charge in [0.1, 0.15) is 6.29 Å². The highest BCUT2D eigenvalue weighted by molar-refractivity contribution is 5.83. The number of hydrogen-bond donors (Lipinski definition) is 2. The maximum Gasteiger partial charge on any atom is 0.416 e. The lowest BCUT2D eigenvalue weighted by Gasteiger charge is -2.12. The number of carbonyl (C=O) groups excluding carboxylic acids is 2. The lowest BCUT2D eigenvalue weighted by Crippen LogP contribution is -2.42. The van der Waals surface area contributed by atoms with Gasteiger partial charge in [0.25, 0.3) is 0 Å². The van der Waals surface area contributed by atoms with E-state index in [1.165, 1.54) is 12.1 Å². The Morgan fingerprint density at radius 2 is 1.89 bits per heavy atom. The van der Waals surface area contributed by atoms with Crippen molar-refractivity contribution in [2.45, 2.75) is 18.6 Å². The molecule has 0 aliphatic heterocycles. The van der Waals surface area contributed by atoms with Crippen LogP contribution in [-0.2, 0) is 22.2 Å². The summed E-state index contributed by atoms with van der Waals surface area (Å²) in [4.78, 5) is 21.4. The van der Waals surface area contributed by atoms with Gasteiger partial charge in [-0.05, 0) is 24.1 Å². The lowest BCUT2D eigenvalue weighted by atomic mass is 10.0. The highest BCUT2D eigenvalue weighted by Crippen LogP contribution is 2.29. The van der Waals surface area contributed by atoms with Crippen LogP contribution in [0.3, 0.4) is 0 Å². The topological polar surface area (TPSA) is 72.2 Å². The first-order valence-electron chi connectivity index (χ1n) is 5.47. The third kappa shape index (κ3) is 4.70. The summed E-state index contributed by atoms with van der Waals surface area (Å²) in [6.07, 6.45) is -3.77. The number of alkyl halides is 3. The van der Waals surface area contributed by atoms with Crippen LogP contribution in [0.2, 0.25) is 0 Å². The molecule has 0 saturated carbocycles. The van der Waals surface area contributed by atoms with Crippen LogP contribution in [0.1, 0.15) is 11.1 Å². The lowest BCUT2D eigenvalue weighted by molar-refractivity contribution is -0.137. The molecule has 1 aromatic carbocycles. The molecule has 0 aromatic heterocycles. The normalized spacial score (nSPS) is 12.8. The number of halogens is 3. The van der Waals surface area contributed by atoms with E-state index >= 15 is 0 Å². The van der Waals surface area contributed by atoms with E-state index < -0.39 is 23.7 Å². The van der Waals surface area contributed by atoms with Gasteiger partial charge in [0, 0.05) is 0 Å². The Morgan fingerprint density at radius 3 is 2.37 bits per heavy atom. The van der Waals surface area contributed by atoms with Gasteiger partial charge in [0.05, 0.1) is 18.2 Å². The number of hydrogen-bond acceptors (Lipinski definition) is 3. The van der Waals surface area contributed by atoms with Crippen molar-refractivity contribution in [1.29, 1.82) is 0 Å². The van der Waals surface area contributed by atoms with Gasteiger partial charge >= 0.3 is 6.18 Å². The van der Waals surface area contributed by atoms with Crippen LogP contribution in [0.25, 0.3) is 0 Å². The first-order valence-corrected chi connectivity index (χ1v) is 5.47. The molecule has 0 unspecified atom stereocenters. The molecule has 1 amide bonds. The summed E-state index contributed by atoms with van der Waals surface area (Å²) < 4.78 is 37.0. The molecule has 1 aromatic rings. The quantitative estimate of drug-likeness (QED) is 0.783. The zero-order valence-electron chi connectivity index (χ0n) is 9.91. The molecular weight excluding hydrogens is 261 g/mol. The molecule has 0 radical (unpaired) electrons. The van der Waals surface area contributed by atoms with Crippen LogP contribution < -0.4 is 11.1 Å². The summed E-state index contributed by atoms with van der Waals surface area (Å²) in [6, 6.07) is 3.51. The van der Waals surface area contributed by atoms with E-state index in [-0.39, 0.29) is 13.0 Å². The van der Waals surface area contributed by atoms with Crippen molar-refractivity contribution >= 4 is 12.2 Å². The van der Waals surface area contributed by atoms with Crippen molar-refractivity contribution < 1.29 is 22.8 Å². The third-order valence-electron chi connectivity index (χ3n) is 2.43. The van der Waals surface area contributed by atoms with Crippen LogP contribution in [0, 0.1) is 0 Å². The smallest absolute Gasteiger partial charge is 0.348 e. The van der Waals surface area contributed by atoms with Crippen molar-refractivity contribution in [1.82, 2.24) is 5.32 Å². The number of nitrogens with two attached hydrogens (primary N) is 1. The van der Waals surface area contributed by atoms with Gasteiger partial charge in [-0.15, -0.1) is 0 Å². The minimum Gasteiger partial charge on any atom is -0.348 e. The number of nitrogens with one attached hydrogen (secondary N) is 1. The predicted molar refractivity (Wildman–Crippen MR) is 62.2 cm³/mol. The third-order valence-corrected chi connectivity index (χ3v) is 2.43. The first kappa shape index (κ1) is 15.2. The molecule has 0 aliphatic rings. The fourth-order valence-corrected chi connectivity index (χ4v) is 1.45. The molecule has 0 fully saturated rings. The number of benzene rings is 1. The molecule has 0 spiro atoms. The Labute approximate surface area is 107 Å². The highest BCUT2D eigenvalue weighted by atomic mass is 19.4. The number of aldehydes is 1. The summed E-state index contributed by atoms with van der Waals surface area (Å²) in [5.41, 5.74) is 5.32. The fraction of sp³-hybridized carbons (Fsp3) is 0.333. The summed E-state index contributed by atoms with van der Waals surface area (Å²) in [6.45, 7) is -0.139. The van der Waals surface area contributed by atoms with Crippen molar-refractivity contribution in [3.63, 3.8) is 0 Å². The van der Waals surface area contributed by atoms with Gasteiger partial charge in [-0.1, -0.05) is 12.1 Å². The van der Waals surface area contributed by atoms with E-state index in [1.807, 2.05) is 0 Å². The van der Waals surface area contributed by atoms with E-state index in [1.54, 1.807) is 0 Å². The highest BCUT2D eigenvalue weighted by Gasteiger charge is 2.30. The second-order valence-electron chi connectivity index (χ2n) is 3.92. The second kappa shape index (κ2) is 6.33. The number of carbonyl (C=O) groups is 2. The van der Waals surface area contributed by atoms with Crippen LogP contribution in [0.5, 0.6) is 0 Å². The van der Waals surface area contributed by atoms with E-state index in [9.17, 15) is 22.8 Å². The maximum absolute atomic E-state index is 12.3. The van der Waals surface area contributed by atoms with Crippen LogP contribution in [0.4, 0.5) is 13.2 Å². The van der Waals surface area contributed by atoms with Gasteiger partial charge in [0.2, 0.25) is 5.91 Å². The Hall–Kier alpha value is -1.89. The fourth-order valence-electron chi connectivity index (χ4n) is 1.45. The van der Waals surface area contributed by atoms with Crippen LogP contribution >= 0.6 is 0 Å². The number of rotatable bonds is 5. The average molecular weight is 274 g/mol. The van der Waals surface area contributed by atoms with Crippen molar-refractivity contribution in [2.24, 2.45) is 5.73 Å². The van der Waals surface area contributed by atoms with Gasteiger partial charge in [0.15, 0.2) is 0 Å². The van der Waals surface area contributed by atoms with Gasteiger partial charge in [-0.2, -0.15) is 13.2 Å². The Bertz CT molecular complexity index is 443. The van der Waals surface area contributed by atoms with E-state index in [4.69, 9.17) is 5.73 Å².